The molecule has 1 N–H and O–H groups in total. The molecule has 0 saturated carbocycles. The fraction of sp³-hybridized carbons (Fsp3) is 0.143. The van der Waals surface area contributed by atoms with Crippen LogP contribution < -0.4 is 5.56 Å². The molecule has 100 valence electrons. The zero-order valence-electron chi connectivity index (χ0n) is 10.4. The number of nitrogens with zero attached hydrogens (tertiary/aromatic N) is 2. The lowest BCUT2D eigenvalue weighted by Crippen LogP contribution is -2.14. The molecule has 0 atom stereocenters. The average molecular weight is 304 g/mol. The molecule has 4 nitrogen and oxygen atoms in total. The highest BCUT2D eigenvalue weighted by atomic mass is 35.5. The molecule has 4 rings (SSSR count). The summed E-state index contributed by atoms with van der Waals surface area (Å²) in [6, 6.07) is 7.12. The number of benzene rings is 1. The van der Waals surface area contributed by atoms with E-state index in [2.05, 4.69) is 10.1 Å². The van der Waals surface area contributed by atoms with Gasteiger partial charge in [-0.3, -0.25) is 4.79 Å². The summed E-state index contributed by atoms with van der Waals surface area (Å²) in [7, 11) is 0. The molecule has 0 amide bonds. The van der Waals surface area contributed by atoms with Gasteiger partial charge in [0.25, 0.3) is 5.56 Å². The SMILES string of the molecule is O=c1c2c[nH]c3c(c-2nn1-c1ccc(Cl)cc1)CSC3. The van der Waals surface area contributed by atoms with Gasteiger partial charge in [0.1, 0.15) is 5.69 Å². The molecule has 1 aromatic carbocycles. The largest absolute Gasteiger partial charge is 0.363 e. The molecule has 3 aliphatic heterocycles. The van der Waals surface area contributed by atoms with Crippen molar-refractivity contribution in [1.29, 1.82) is 0 Å². The van der Waals surface area contributed by atoms with Crippen molar-refractivity contribution in [2.24, 2.45) is 0 Å². The Labute approximate surface area is 124 Å². The zero-order valence-corrected chi connectivity index (χ0v) is 12.0. The molecule has 0 saturated heterocycles. The van der Waals surface area contributed by atoms with Crippen LogP contribution in [0.1, 0.15) is 11.3 Å². The summed E-state index contributed by atoms with van der Waals surface area (Å²) in [6.45, 7) is 0. The van der Waals surface area contributed by atoms with Gasteiger partial charge < -0.3 is 4.98 Å². The number of nitrogens with one attached hydrogen (secondary N) is 1. The van der Waals surface area contributed by atoms with Crippen LogP contribution in [0.2, 0.25) is 5.02 Å². The van der Waals surface area contributed by atoms with Crippen molar-refractivity contribution in [3.63, 3.8) is 0 Å². The maximum Gasteiger partial charge on any atom is 0.282 e. The molecule has 3 heterocycles. The highest BCUT2D eigenvalue weighted by molar-refractivity contribution is 7.98. The first kappa shape index (κ1) is 12.1. The Morgan fingerprint density at radius 3 is 2.85 bits per heavy atom. The fourth-order valence-electron chi connectivity index (χ4n) is 2.45. The van der Waals surface area contributed by atoms with Crippen molar-refractivity contribution in [2.45, 2.75) is 11.5 Å². The third-order valence-corrected chi connectivity index (χ3v) is 4.72. The van der Waals surface area contributed by atoms with Gasteiger partial charge in [0.2, 0.25) is 0 Å². The van der Waals surface area contributed by atoms with Crippen molar-refractivity contribution < 1.29 is 0 Å². The Kier molecular flexibility index (Phi) is 2.65. The highest BCUT2D eigenvalue weighted by Crippen LogP contribution is 2.34. The number of hydrogen-bond acceptors (Lipinski definition) is 3. The summed E-state index contributed by atoms with van der Waals surface area (Å²) in [5, 5.41) is 5.15. The molecule has 0 aromatic heterocycles. The Morgan fingerprint density at radius 1 is 1.25 bits per heavy atom. The van der Waals surface area contributed by atoms with Gasteiger partial charge in [-0.25, -0.2) is 0 Å². The van der Waals surface area contributed by atoms with Crippen molar-refractivity contribution in [3.05, 3.63) is 57.1 Å². The van der Waals surface area contributed by atoms with E-state index in [0.717, 1.165) is 28.5 Å². The summed E-state index contributed by atoms with van der Waals surface area (Å²) in [4.78, 5) is 15.7. The summed E-state index contributed by atoms with van der Waals surface area (Å²) >= 11 is 7.71. The first-order valence-corrected chi connectivity index (χ1v) is 7.73. The van der Waals surface area contributed by atoms with Gasteiger partial charge in [-0.1, -0.05) is 11.6 Å². The lowest BCUT2D eigenvalue weighted by molar-refractivity contribution is 0.855. The van der Waals surface area contributed by atoms with Crippen LogP contribution in [0.3, 0.4) is 0 Å². The van der Waals surface area contributed by atoms with Crippen LogP contribution in [0.5, 0.6) is 0 Å². The first-order valence-electron chi connectivity index (χ1n) is 6.20. The Hall–Kier alpha value is -1.72. The van der Waals surface area contributed by atoms with Crippen molar-refractivity contribution in [1.82, 2.24) is 14.8 Å². The maximum absolute atomic E-state index is 12.5. The van der Waals surface area contributed by atoms with E-state index in [-0.39, 0.29) is 5.56 Å². The van der Waals surface area contributed by atoms with Gasteiger partial charge in [-0.05, 0) is 24.3 Å². The number of aromatic amines is 1. The number of thioether (sulfide) groups is 1. The minimum atomic E-state index is -0.0988. The fourth-order valence-corrected chi connectivity index (χ4v) is 3.66. The van der Waals surface area contributed by atoms with Crippen LogP contribution >= 0.6 is 23.4 Å². The molecule has 0 spiro atoms. The zero-order chi connectivity index (χ0) is 13.7. The van der Waals surface area contributed by atoms with Gasteiger partial charge in [-0.15, -0.1) is 0 Å². The third-order valence-electron chi connectivity index (χ3n) is 3.48. The van der Waals surface area contributed by atoms with E-state index >= 15 is 0 Å². The van der Waals surface area contributed by atoms with Gasteiger partial charge in [-0.2, -0.15) is 21.5 Å². The lowest BCUT2D eigenvalue weighted by atomic mass is 10.1. The number of halogens is 1. The number of pyridine rings is 1. The van der Waals surface area contributed by atoms with E-state index in [1.54, 1.807) is 30.5 Å². The van der Waals surface area contributed by atoms with E-state index in [0.29, 0.717) is 10.6 Å². The predicted molar refractivity (Wildman–Crippen MR) is 80.8 cm³/mol. The van der Waals surface area contributed by atoms with Crippen molar-refractivity contribution in [3.8, 4) is 16.9 Å². The Bertz CT molecular complexity index is 822. The number of H-pyrrole nitrogens is 1. The van der Waals surface area contributed by atoms with E-state index in [1.807, 2.05) is 11.8 Å². The second-order valence-corrected chi connectivity index (χ2v) is 6.12. The second kappa shape index (κ2) is 4.40. The monoisotopic (exact) mass is 303 g/mol. The van der Waals surface area contributed by atoms with Gasteiger partial charge >= 0.3 is 0 Å². The average Bonchev–Trinajstić information content (AvgIpc) is 3.04. The quantitative estimate of drug-likeness (QED) is 0.751. The molecule has 0 fully saturated rings. The molecule has 0 aliphatic carbocycles. The van der Waals surface area contributed by atoms with Crippen molar-refractivity contribution >= 4 is 23.4 Å². The van der Waals surface area contributed by atoms with Crippen LogP contribution in [0, 0.1) is 0 Å². The highest BCUT2D eigenvalue weighted by Gasteiger charge is 2.24. The number of rotatable bonds is 1. The molecule has 0 unspecified atom stereocenters. The molecule has 3 aliphatic rings. The Morgan fingerprint density at radius 2 is 2.05 bits per heavy atom. The first-order chi connectivity index (χ1) is 9.74. The maximum atomic E-state index is 12.5. The van der Waals surface area contributed by atoms with Gasteiger partial charge in [0.15, 0.2) is 0 Å². The van der Waals surface area contributed by atoms with E-state index < -0.39 is 0 Å². The molecule has 1 aromatic rings. The lowest BCUT2D eigenvalue weighted by Gasteiger charge is -2.02. The van der Waals surface area contributed by atoms with E-state index in [4.69, 9.17) is 11.6 Å². The van der Waals surface area contributed by atoms with Crippen LogP contribution in [0.25, 0.3) is 16.9 Å². The minimum absolute atomic E-state index is 0.0988. The Balaban J connectivity index is 1.97. The molecule has 0 radical (unpaired) electrons. The van der Waals surface area contributed by atoms with Crippen LogP contribution in [-0.4, -0.2) is 14.8 Å². The summed E-state index contributed by atoms with van der Waals surface area (Å²) in [6.07, 6.45) is 1.77. The normalized spacial score (nSPS) is 13.8. The molecule has 0 bridgehead atoms. The molecule has 20 heavy (non-hydrogen) atoms. The topological polar surface area (TPSA) is 50.7 Å². The number of fused-ring (bicyclic) bond motifs is 3. The van der Waals surface area contributed by atoms with Gasteiger partial charge in [0, 0.05) is 34.0 Å². The second-order valence-electron chi connectivity index (χ2n) is 4.69. The smallest absolute Gasteiger partial charge is 0.282 e. The summed E-state index contributed by atoms with van der Waals surface area (Å²) in [5.74, 6) is 1.85. The predicted octanol–water partition coefficient (Wildman–Crippen LogP) is 3.07. The van der Waals surface area contributed by atoms with E-state index in [9.17, 15) is 4.79 Å². The van der Waals surface area contributed by atoms with Crippen LogP contribution in [0.4, 0.5) is 0 Å². The molecule has 6 heteroatoms. The van der Waals surface area contributed by atoms with Crippen LogP contribution in [0.15, 0.2) is 35.3 Å². The minimum Gasteiger partial charge on any atom is -0.363 e. The van der Waals surface area contributed by atoms with Crippen LogP contribution in [-0.2, 0) is 11.5 Å². The van der Waals surface area contributed by atoms with E-state index in [1.165, 1.54) is 10.4 Å². The third kappa shape index (κ3) is 1.70. The van der Waals surface area contributed by atoms with Crippen molar-refractivity contribution in [2.75, 3.05) is 0 Å². The molecular formula is C14H10ClN3OS. The molecular weight excluding hydrogens is 294 g/mol. The number of aromatic nitrogens is 3. The van der Waals surface area contributed by atoms with Gasteiger partial charge in [0.05, 0.1) is 11.3 Å². The summed E-state index contributed by atoms with van der Waals surface area (Å²) < 4.78 is 1.44. The number of hydrogen-bond donors (Lipinski definition) is 1. The summed E-state index contributed by atoms with van der Waals surface area (Å²) in [5.41, 5.74) is 4.40. The standard InChI is InChI=1S/C14H10ClN3OS/c15-8-1-3-9(4-2-8)18-14(19)10-5-16-12-7-20-6-11(12)13(10)17-18/h1-5,16H,6-7H2.